The molecule has 86 valence electrons. The molecule has 0 radical (unpaired) electrons. The van der Waals surface area contributed by atoms with Crippen molar-refractivity contribution in [2.24, 2.45) is 5.41 Å². The van der Waals surface area contributed by atoms with E-state index in [0.717, 1.165) is 22.2 Å². The lowest BCUT2D eigenvalue weighted by molar-refractivity contribution is 0.350. The van der Waals surface area contributed by atoms with E-state index in [1.165, 1.54) is 5.39 Å². The van der Waals surface area contributed by atoms with Crippen molar-refractivity contribution in [3.63, 3.8) is 0 Å². The van der Waals surface area contributed by atoms with Gasteiger partial charge in [0.1, 0.15) is 5.76 Å². The van der Waals surface area contributed by atoms with Crippen LogP contribution in [-0.2, 0) is 0 Å². The van der Waals surface area contributed by atoms with E-state index in [-0.39, 0.29) is 5.41 Å². The molecule has 17 heavy (non-hydrogen) atoms. The van der Waals surface area contributed by atoms with Crippen LogP contribution in [0.5, 0.6) is 0 Å². The Hall–Kier alpha value is -1.76. The molecule has 0 bridgehead atoms. The van der Waals surface area contributed by atoms with E-state index in [1.54, 1.807) is 0 Å². The number of aliphatic hydroxyl groups excluding tert-OH is 1. The van der Waals surface area contributed by atoms with Crippen LogP contribution >= 0.6 is 0 Å². The highest BCUT2D eigenvalue weighted by molar-refractivity contribution is 5.85. The predicted molar refractivity (Wildman–Crippen MR) is 72.1 cm³/mol. The average molecular weight is 224 g/mol. The van der Waals surface area contributed by atoms with Gasteiger partial charge >= 0.3 is 0 Å². The maximum atomic E-state index is 10.5. The van der Waals surface area contributed by atoms with E-state index < -0.39 is 0 Å². The molecule has 0 amide bonds. The van der Waals surface area contributed by atoms with E-state index in [0.29, 0.717) is 5.76 Å². The largest absolute Gasteiger partial charge is 0.511 e. The summed E-state index contributed by atoms with van der Waals surface area (Å²) in [5.74, 6) is 0.520. The predicted octanol–water partition coefficient (Wildman–Crippen LogP) is 2.72. The van der Waals surface area contributed by atoms with Gasteiger partial charge in [0.05, 0.1) is 0 Å². The third-order valence-corrected chi connectivity index (χ3v) is 3.67. The molecule has 0 spiro atoms. The first kappa shape index (κ1) is 10.4. The number of aliphatic hydroxyl groups is 1. The maximum absolute atomic E-state index is 10.5. The molecule has 1 heteroatoms. The zero-order valence-electron chi connectivity index (χ0n) is 10.2. The summed E-state index contributed by atoms with van der Waals surface area (Å²) in [5, 5.41) is 15.0. The van der Waals surface area contributed by atoms with Gasteiger partial charge in [-0.1, -0.05) is 56.3 Å². The smallest absolute Gasteiger partial charge is 0.107 e. The average Bonchev–Trinajstić information content (AvgIpc) is 2.33. The normalized spacial score (nSPS) is 17.6. The van der Waals surface area contributed by atoms with Crippen molar-refractivity contribution in [1.29, 1.82) is 0 Å². The number of fused-ring (bicyclic) bond motifs is 3. The SMILES string of the molecule is CC1(C)CC=c2ccc3ccccc3c2=C1O. The van der Waals surface area contributed by atoms with Crippen molar-refractivity contribution < 1.29 is 5.11 Å². The molecule has 0 heterocycles. The molecule has 0 aliphatic heterocycles. The van der Waals surface area contributed by atoms with Crippen LogP contribution in [0.4, 0.5) is 0 Å². The third-order valence-electron chi connectivity index (χ3n) is 3.67. The van der Waals surface area contributed by atoms with Gasteiger partial charge in [0, 0.05) is 10.6 Å². The van der Waals surface area contributed by atoms with Crippen molar-refractivity contribution in [2.75, 3.05) is 0 Å². The van der Waals surface area contributed by atoms with E-state index in [2.05, 4.69) is 44.2 Å². The lowest BCUT2D eigenvalue weighted by Crippen LogP contribution is -2.36. The summed E-state index contributed by atoms with van der Waals surface area (Å²) in [7, 11) is 0. The Bertz CT molecular complexity index is 708. The Morgan fingerprint density at radius 2 is 1.82 bits per heavy atom. The minimum absolute atomic E-state index is 0.156. The van der Waals surface area contributed by atoms with Crippen LogP contribution in [0.15, 0.2) is 36.4 Å². The molecule has 1 aliphatic carbocycles. The van der Waals surface area contributed by atoms with E-state index in [1.807, 2.05) is 12.1 Å². The Morgan fingerprint density at radius 1 is 1.06 bits per heavy atom. The summed E-state index contributed by atoms with van der Waals surface area (Å²) in [6.07, 6.45) is 3.12. The second-order valence-electron chi connectivity index (χ2n) is 5.39. The zero-order chi connectivity index (χ0) is 12.0. The monoisotopic (exact) mass is 224 g/mol. The zero-order valence-corrected chi connectivity index (χ0v) is 10.2. The quantitative estimate of drug-likeness (QED) is 0.729. The maximum Gasteiger partial charge on any atom is 0.107 e. The lowest BCUT2D eigenvalue weighted by Gasteiger charge is -2.25. The summed E-state index contributed by atoms with van der Waals surface area (Å²) >= 11 is 0. The fourth-order valence-electron chi connectivity index (χ4n) is 2.52. The van der Waals surface area contributed by atoms with Gasteiger partial charge in [0.25, 0.3) is 0 Å². The number of rotatable bonds is 0. The first-order valence-electron chi connectivity index (χ1n) is 6.01. The van der Waals surface area contributed by atoms with Crippen LogP contribution in [-0.4, -0.2) is 5.11 Å². The molecule has 0 aromatic heterocycles. The first-order valence-corrected chi connectivity index (χ1v) is 6.01. The molecule has 0 unspecified atom stereocenters. The molecule has 2 aromatic carbocycles. The van der Waals surface area contributed by atoms with Crippen molar-refractivity contribution >= 4 is 22.6 Å². The summed E-state index contributed by atoms with van der Waals surface area (Å²) in [5.41, 5.74) is -0.156. The molecule has 1 nitrogen and oxygen atoms in total. The summed E-state index contributed by atoms with van der Waals surface area (Å²) < 4.78 is 0. The van der Waals surface area contributed by atoms with Crippen molar-refractivity contribution in [3.05, 3.63) is 46.8 Å². The summed E-state index contributed by atoms with van der Waals surface area (Å²) in [6, 6.07) is 12.4. The molecular weight excluding hydrogens is 208 g/mol. The minimum atomic E-state index is -0.156. The highest BCUT2D eigenvalue weighted by atomic mass is 16.3. The van der Waals surface area contributed by atoms with E-state index >= 15 is 0 Å². The Morgan fingerprint density at radius 3 is 2.65 bits per heavy atom. The van der Waals surface area contributed by atoms with Gasteiger partial charge in [-0.05, 0) is 22.4 Å². The summed E-state index contributed by atoms with van der Waals surface area (Å²) in [4.78, 5) is 0. The van der Waals surface area contributed by atoms with Crippen LogP contribution in [0.3, 0.4) is 0 Å². The molecular formula is C16H16O. The highest BCUT2D eigenvalue weighted by Gasteiger charge is 2.25. The Kier molecular flexibility index (Phi) is 2.06. The molecule has 0 fully saturated rings. The van der Waals surface area contributed by atoms with Crippen LogP contribution in [0.25, 0.3) is 22.6 Å². The number of hydrogen-bond acceptors (Lipinski definition) is 1. The van der Waals surface area contributed by atoms with Gasteiger partial charge in [-0.2, -0.15) is 0 Å². The summed E-state index contributed by atoms with van der Waals surface area (Å²) in [6.45, 7) is 4.17. The van der Waals surface area contributed by atoms with Crippen molar-refractivity contribution in [2.45, 2.75) is 20.3 Å². The van der Waals surface area contributed by atoms with Gasteiger partial charge in [0.15, 0.2) is 0 Å². The van der Waals surface area contributed by atoms with E-state index in [9.17, 15) is 5.11 Å². The minimum Gasteiger partial charge on any atom is -0.511 e. The molecule has 3 rings (SSSR count). The molecule has 1 aliphatic rings. The highest BCUT2D eigenvalue weighted by Crippen LogP contribution is 2.30. The second-order valence-corrected chi connectivity index (χ2v) is 5.39. The van der Waals surface area contributed by atoms with Crippen LogP contribution < -0.4 is 10.4 Å². The van der Waals surface area contributed by atoms with Crippen LogP contribution in [0, 0.1) is 5.41 Å². The lowest BCUT2D eigenvalue weighted by atomic mass is 9.81. The first-order chi connectivity index (χ1) is 8.09. The third kappa shape index (κ3) is 1.46. The number of benzene rings is 2. The van der Waals surface area contributed by atoms with Gasteiger partial charge < -0.3 is 5.11 Å². The van der Waals surface area contributed by atoms with Gasteiger partial charge in [0.2, 0.25) is 0 Å². The van der Waals surface area contributed by atoms with Crippen molar-refractivity contribution in [1.82, 2.24) is 0 Å². The van der Waals surface area contributed by atoms with Crippen LogP contribution in [0.1, 0.15) is 20.3 Å². The number of hydrogen-bond donors (Lipinski definition) is 1. The molecule has 0 saturated heterocycles. The van der Waals surface area contributed by atoms with Gasteiger partial charge in [-0.3, -0.25) is 0 Å². The fourth-order valence-corrected chi connectivity index (χ4v) is 2.52. The second kappa shape index (κ2) is 3.36. The Balaban J connectivity index is 2.60. The Labute approximate surface area is 101 Å². The molecule has 2 aromatic rings. The topological polar surface area (TPSA) is 20.2 Å². The van der Waals surface area contributed by atoms with Crippen molar-refractivity contribution in [3.8, 4) is 0 Å². The fraction of sp³-hybridized carbons (Fsp3) is 0.250. The van der Waals surface area contributed by atoms with Gasteiger partial charge in [-0.25, -0.2) is 0 Å². The molecule has 0 atom stereocenters. The van der Waals surface area contributed by atoms with Gasteiger partial charge in [-0.15, -0.1) is 0 Å². The molecule has 1 N–H and O–H groups in total. The standard InChI is InChI=1S/C16H16O/c1-16(2)10-9-12-8-7-11-5-3-4-6-13(11)14(12)15(16)17/h3-9,17H,10H2,1-2H3. The molecule has 0 saturated carbocycles. The van der Waals surface area contributed by atoms with Crippen LogP contribution in [0.2, 0.25) is 0 Å². The van der Waals surface area contributed by atoms with E-state index in [4.69, 9.17) is 0 Å².